The van der Waals surface area contributed by atoms with Gasteiger partial charge in [0.05, 0.1) is 12.7 Å². The molecule has 96 valence electrons. The topological polar surface area (TPSA) is 30.5 Å². The monoisotopic (exact) mass is 229 g/mol. The van der Waals surface area contributed by atoms with Crippen molar-refractivity contribution >= 4 is 0 Å². The molecule has 1 saturated carbocycles. The van der Waals surface area contributed by atoms with Gasteiger partial charge in [0.1, 0.15) is 0 Å². The fraction of sp³-hybridized carbons (Fsp3) is 1.00. The second-order valence-corrected chi connectivity index (χ2v) is 5.09. The van der Waals surface area contributed by atoms with Gasteiger partial charge in [-0.05, 0) is 18.8 Å². The third-order valence-electron chi connectivity index (χ3n) is 3.11. The minimum absolute atomic E-state index is 0.402. The third kappa shape index (κ3) is 5.28. The van der Waals surface area contributed by atoms with E-state index in [0.717, 1.165) is 19.8 Å². The van der Waals surface area contributed by atoms with E-state index >= 15 is 0 Å². The summed E-state index contributed by atoms with van der Waals surface area (Å²) in [6, 6.07) is 0.529. The van der Waals surface area contributed by atoms with Gasteiger partial charge in [-0.1, -0.05) is 26.7 Å². The van der Waals surface area contributed by atoms with E-state index in [2.05, 4.69) is 19.2 Å². The molecule has 0 radical (unpaired) electrons. The highest BCUT2D eigenvalue weighted by Gasteiger charge is 2.23. The van der Waals surface area contributed by atoms with Crippen molar-refractivity contribution in [2.75, 3.05) is 26.9 Å². The molecule has 0 saturated heterocycles. The minimum atomic E-state index is 0.402. The van der Waals surface area contributed by atoms with Crippen molar-refractivity contribution in [1.82, 2.24) is 5.32 Å². The standard InChI is InChI=1S/C13H27NO2/c1-11(2)10-16-9-8-14-12-6-4-5-7-13(12)15-3/h11-14H,4-10H2,1-3H3. The van der Waals surface area contributed by atoms with Crippen molar-refractivity contribution in [2.45, 2.75) is 51.7 Å². The van der Waals surface area contributed by atoms with Gasteiger partial charge in [0, 0.05) is 26.3 Å². The highest BCUT2D eigenvalue weighted by molar-refractivity contribution is 4.81. The van der Waals surface area contributed by atoms with E-state index in [-0.39, 0.29) is 0 Å². The first kappa shape index (κ1) is 13.9. The van der Waals surface area contributed by atoms with Gasteiger partial charge in [-0.15, -0.1) is 0 Å². The maximum absolute atomic E-state index is 5.55. The second kappa shape index (κ2) is 8.04. The van der Waals surface area contributed by atoms with Crippen LogP contribution in [0.4, 0.5) is 0 Å². The number of nitrogens with one attached hydrogen (secondary N) is 1. The van der Waals surface area contributed by atoms with Gasteiger partial charge >= 0.3 is 0 Å². The van der Waals surface area contributed by atoms with Crippen LogP contribution in [0, 0.1) is 5.92 Å². The Kier molecular flexibility index (Phi) is 7.01. The molecule has 2 atom stereocenters. The van der Waals surface area contributed by atoms with E-state index in [1.807, 2.05) is 7.11 Å². The molecule has 2 unspecified atom stereocenters. The van der Waals surface area contributed by atoms with Crippen LogP contribution in [0.5, 0.6) is 0 Å². The van der Waals surface area contributed by atoms with Gasteiger partial charge < -0.3 is 14.8 Å². The Bertz CT molecular complexity index is 173. The Labute approximate surface area is 99.9 Å². The maximum atomic E-state index is 5.55. The number of methoxy groups -OCH3 is 1. The number of rotatable bonds is 7. The lowest BCUT2D eigenvalue weighted by Gasteiger charge is -2.31. The minimum Gasteiger partial charge on any atom is -0.380 e. The van der Waals surface area contributed by atoms with Gasteiger partial charge in [-0.3, -0.25) is 0 Å². The predicted octanol–water partition coefficient (Wildman–Crippen LogP) is 2.21. The summed E-state index contributed by atoms with van der Waals surface area (Å²) in [6.07, 6.45) is 5.47. The molecule has 0 spiro atoms. The number of hydrogen-bond donors (Lipinski definition) is 1. The molecule has 0 aromatic carbocycles. The quantitative estimate of drug-likeness (QED) is 0.679. The highest BCUT2D eigenvalue weighted by atomic mass is 16.5. The van der Waals surface area contributed by atoms with E-state index in [4.69, 9.17) is 9.47 Å². The average Bonchev–Trinajstić information content (AvgIpc) is 2.29. The molecule has 0 bridgehead atoms. The molecule has 0 aromatic rings. The molecular weight excluding hydrogens is 202 g/mol. The lowest BCUT2D eigenvalue weighted by Crippen LogP contribution is -2.44. The number of hydrogen-bond acceptors (Lipinski definition) is 3. The highest BCUT2D eigenvalue weighted by Crippen LogP contribution is 2.20. The zero-order valence-electron chi connectivity index (χ0n) is 11.0. The zero-order valence-corrected chi connectivity index (χ0v) is 11.0. The van der Waals surface area contributed by atoms with Gasteiger partial charge in [-0.25, -0.2) is 0 Å². The van der Waals surface area contributed by atoms with E-state index in [1.165, 1.54) is 25.7 Å². The summed E-state index contributed by atoms with van der Waals surface area (Å²) in [4.78, 5) is 0. The van der Waals surface area contributed by atoms with Crippen molar-refractivity contribution in [3.8, 4) is 0 Å². The SMILES string of the molecule is COC1CCCCC1NCCOCC(C)C. The fourth-order valence-electron chi connectivity index (χ4n) is 2.25. The first-order chi connectivity index (χ1) is 7.74. The molecule has 0 aromatic heterocycles. The molecule has 0 amide bonds. The van der Waals surface area contributed by atoms with Crippen LogP contribution in [0.1, 0.15) is 39.5 Å². The molecule has 1 rings (SSSR count). The van der Waals surface area contributed by atoms with Crippen LogP contribution in [0.2, 0.25) is 0 Å². The predicted molar refractivity (Wildman–Crippen MR) is 66.7 cm³/mol. The Morgan fingerprint density at radius 3 is 2.69 bits per heavy atom. The first-order valence-corrected chi connectivity index (χ1v) is 6.58. The van der Waals surface area contributed by atoms with Crippen molar-refractivity contribution in [1.29, 1.82) is 0 Å². The van der Waals surface area contributed by atoms with Crippen LogP contribution in [-0.2, 0) is 9.47 Å². The van der Waals surface area contributed by atoms with E-state index < -0.39 is 0 Å². The van der Waals surface area contributed by atoms with Crippen molar-refractivity contribution in [2.24, 2.45) is 5.92 Å². The smallest absolute Gasteiger partial charge is 0.0724 e. The van der Waals surface area contributed by atoms with Crippen LogP contribution in [-0.4, -0.2) is 39.0 Å². The second-order valence-electron chi connectivity index (χ2n) is 5.09. The molecule has 16 heavy (non-hydrogen) atoms. The normalized spacial score (nSPS) is 26.2. The van der Waals surface area contributed by atoms with Crippen LogP contribution in [0.3, 0.4) is 0 Å². The Balaban J connectivity index is 2.06. The van der Waals surface area contributed by atoms with E-state index in [0.29, 0.717) is 18.1 Å². The van der Waals surface area contributed by atoms with Crippen molar-refractivity contribution in [3.63, 3.8) is 0 Å². The molecule has 1 fully saturated rings. The summed E-state index contributed by atoms with van der Waals surface area (Å²) >= 11 is 0. The van der Waals surface area contributed by atoms with E-state index in [9.17, 15) is 0 Å². The van der Waals surface area contributed by atoms with Crippen molar-refractivity contribution in [3.05, 3.63) is 0 Å². The van der Waals surface area contributed by atoms with Gasteiger partial charge in [0.25, 0.3) is 0 Å². The van der Waals surface area contributed by atoms with E-state index in [1.54, 1.807) is 0 Å². The molecule has 1 aliphatic rings. The Morgan fingerprint density at radius 1 is 1.25 bits per heavy atom. The molecule has 0 heterocycles. The van der Waals surface area contributed by atoms with Gasteiger partial charge in [0.2, 0.25) is 0 Å². The third-order valence-corrected chi connectivity index (χ3v) is 3.11. The van der Waals surface area contributed by atoms with Gasteiger partial charge in [-0.2, -0.15) is 0 Å². The lowest BCUT2D eigenvalue weighted by atomic mass is 9.92. The van der Waals surface area contributed by atoms with Crippen LogP contribution >= 0.6 is 0 Å². The summed E-state index contributed by atoms with van der Waals surface area (Å²) < 4.78 is 11.0. The zero-order chi connectivity index (χ0) is 11.8. The first-order valence-electron chi connectivity index (χ1n) is 6.58. The molecule has 1 N–H and O–H groups in total. The van der Waals surface area contributed by atoms with Crippen LogP contribution in [0.15, 0.2) is 0 Å². The summed E-state index contributed by atoms with van der Waals surface area (Å²) in [6.45, 7) is 6.97. The maximum Gasteiger partial charge on any atom is 0.0724 e. The molecule has 3 nitrogen and oxygen atoms in total. The van der Waals surface area contributed by atoms with Crippen LogP contribution < -0.4 is 5.32 Å². The van der Waals surface area contributed by atoms with Crippen LogP contribution in [0.25, 0.3) is 0 Å². The molecule has 1 aliphatic carbocycles. The summed E-state index contributed by atoms with van der Waals surface area (Å²) in [5.74, 6) is 0.626. The molecular formula is C13H27NO2. The largest absolute Gasteiger partial charge is 0.380 e. The fourth-order valence-corrected chi connectivity index (χ4v) is 2.25. The summed E-state index contributed by atoms with van der Waals surface area (Å²) in [5, 5.41) is 3.55. The Morgan fingerprint density at radius 2 is 2.00 bits per heavy atom. The summed E-state index contributed by atoms with van der Waals surface area (Å²) in [5.41, 5.74) is 0. The number of ether oxygens (including phenoxy) is 2. The Hall–Kier alpha value is -0.120. The van der Waals surface area contributed by atoms with Crippen molar-refractivity contribution < 1.29 is 9.47 Å². The molecule has 0 aliphatic heterocycles. The molecule has 3 heteroatoms. The van der Waals surface area contributed by atoms with Gasteiger partial charge in [0.15, 0.2) is 0 Å². The average molecular weight is 229 g/mol. The lowest BCUT2D eigenvalue weighted by molar-refractivity contribution is 0.0367. The summed E-state index contributed by atoms with van der Waals surface area (Å²) in [7, 11) is 1.82.